The predicted molar refractivity (Wildman–Crippen MR) is 133 cm³/mol. The van der Waals surface area contributed by atoms with Crippen LogP contribution in [0.1, 0.15) is 51.1 Å². The van der Waals surface area contributed by atoms with E-state index in [0.29, 0.717) is 32.7 Å². The molecule has 0 bridgehead atoms. The first-order valence-corrected chi connectivity index (χ1v) is 10.9. The van der Waals surface area contributed by atoms with E-state index in [1.54, 1.807) is 0 Å². The van der Waals surface area contributed by atoms with E-state index < -0.39 is 12.2 Å². The number of unbranched alkanes of at least 4 members (excludes halogenated alkanes) is 2. The van der Waals surface area contributed by atoms with Crippen molar-refractivity contribution in [1.29, 1.82) is 0 Å². The van der Waals surface area contributed by atoms with Gasteiger partial charge in [-0.2, -0.15) is 0 Å². The van der Waals surface area contributed by atoms with Crippen LogP contribution in [0, 0.1) is 0 Å². The third-order valence-corrected chi connectivity index (χ3v) is 4.67. The molecule has 1 unspecified atom stereocenters. The van der Waals surface area contributed by atoms with Crippen LogP contribution in [0.15, 0.2) is 30.3 Å². The number of benzene rings is 1. The molecule has 0 aliphatic rings. The maximum Gasteiger partial charge on any atom is 0.407 e. The van der Waals surface area contributed by atoms with E-state index >= 15 is 0 Å². The first-order valence-electron chi connectivity index (χ1n) is 10.9. The molecule has 32 heavy (non-hydrogen) atoms. The molecule has 0 saturated carbocycles. The van der Waals surface area contributed by atoms with Crippen molar-refractivity contribution >= 4 is 37.0 Å². The van der Waals surface area contributed by atoms with Crippen molar-refractivity contribution in [3.63, 3.8) is 0 Å². The molecule has 8 nitrogen and oxygen atoms in total. The second kappa shape index (κ2) is 21.1. The molecule has 2 amide bonds. The van der Waals surface area contributed by atoms with Crippen molar-refractivity contribution < 1.29 is 19.1 Å². The van der Waals surface area contributed by atoms with Crippen LogP contribution >= 0.6 is 24.8 Å². The molecular weight excluding hydrogens is 455 g/mol. The van der Waals surface area contributed by atoms with Crippen molar-refractivity contribution in [3.8, 4) is 0 Å². The Bertz CT molecular complexity index is 569. The van der Waals surface area contributed by atoms with Gasteiger partial charge in [-0.25, -0.2) is 9.59 Å². The summed E-state index contributed by atoms with van der Waals surface area (Å²) in [4.78, 5) is 25.6. The number of hydrogen-bond donors (Lipinski definition) is 3. The van der Waals surface area contributed by atoms with Crippen LogP contribution in [-0.4, -0.2) is 63.0 Å². The van der Waals surface area contributed by atoms with Crippen molar-refractivity contribution in [3.05, 3.63) is 35.9 Å². The third-order valence-electron chi connectivity index (χ3n) is 4.67. The summed E-state index contributed by atoms with van der Waals surface area (Å²) in [6.07, 6.45) is 3.02. The minimum absolute atomic E-state index is 0. The minimum atomic E-state index is -0.418. The van der Waals surface area contributed by atoms with E-state index in [4.69, 9.17) is 15.2 Å². The molecule has 1 atom stereocenters. The second-order valence-electron chi connectivity index (χ2n) is 7.03. The van der Waals surface area contributed by atoms with Gasteiger partial charge in [-0.3, -0.25) is 4.90 Å². The normalized spacial score (nSPS) is 11.0. The summed E-state index contributed by atoms with van der Waals surface area (Å²) in [5.74, 6) is 0. The molecule has 1 rings (SSSR count). The van der Waals surface area contributed by atoms with Gasteiger partial charge in [0.05, 0.1) is 0 Å². The van der Waals surface area contributed by atoms with E-state index in [1.165, 1.54) is 0 Å². The van der Waals surface area contributed by atoms with Crippen LogP contribution in [0.2, 0.25) is 0 Å². The number of nitrogens with one attached hydrogen (secondary N) is 2. The number of hydrogen-bond acceptors (Lipinski definition) is 6. The van der Waals surface area contributed by atoms with Crippen LogP contribution in [0.4, 0.5) is 9.59 Å². The standard InChI is InChI=1S/C22H38N4O4.2ClH/c1-3-5-12-24-21(27)29-16-14-26(15-17-30-22(28)25-13-6-4-2)20(18-23)19-10-8-7-9-11-19;;/h7-11,20H,3-6,12-18,23H2,1-2H3,(H,24,27)(H,25,28);2*1H. The van der Waals surface area contributed by atoms with Gasteiger partial charge < -0.3 is 25.8 Å². The maximum absolute atomic E-state index is 11.8. The Balaban J connectivity index is 0. The lowest BCUT2D eigenvalue weighted by Gasteiger charge is -2.31. The summed E-state index contributed by atoms with van der Waals surface area (Å²) < 4.78 is 10.6. The van der Waals surface area contributed by atoms with Crippen LogP contribution in [0.25, 0.3) is 0 Å². The number of nitrogens with zero attached hydrogens (tertiary/aromatic N) is 1. The first kappa shape index (κ1) is 32.4. The Morgan fingerprint density at radius 1 is 0.906 bits per heavy atom. The molecule has 4 N–H and O–H groups in total. The Labute approximate surface area is 204 Å². The number of alkyl carbamates (subject to hydrolysis) is 2. The number of amides is 2. The number of carbonyl (C=O) groups is 2. The fourth-order valence-corrected chi connectivity index (χ4v) is 2.94. The van der Waals surface area contributed by atoms with Gasteiger partial charge in [-0.15, -0.1) is 24.8 Å². The summed E-state index contributed by atoms with van der Waals surface area (Å²) in [5, 5.41) is 5.47. The Kier molecular flexibility index (Phi) is 21.4. The molecule has 0 aliphatic carbocycles. The molecule has 1 aromatic carbocycles. The molecule has 0 spiro atoms. The number of ether oxygens (including phenoxy) is 2. The number of halogens is 2. The highest BCUT2D eigenvalue weighted by atomic mass is 35.5. The highest BCUT2D eigenvalue weighted by Gasteiger charge is 2.20. The van der Waals surface area contributed by atoms with Gasteiger partial charge in [0.25, 0.3) is 0 Å². The van der Waals surface area contributed by atoms with Crippen molar-refractivity contribution in [2.45, 2.75) is 45.6 Å². The molecule has 186 valence electrons. The van der Waals surface area contributed by atoms with E-state index in [-0.39, 0.29) is 44.1 Å². The summed E-state index contributed by atoms with van der Waals surface area (Å²) in [5.41, 5.74) is 7.12. The average Bonchev–Trinajstić information content (AvgIpc) is 2.75. The Morgan fingerprint density at radius 3 is 1.78 bits per heavy atom. The zero-order chi connectivity index (χ0) is 22.0. The Hall–Kier alpha value is -1.74. The van der Waals surface area contributed by atoms with E-state index in [9.17, 15) is 9.59 Å². The smallest absolute Gasteiger partial charge is 0.407 e. The molecule has 0 radical (unpaired) electrons. The van der Waals surface area contributed by atoms with Crippen molar-refractivity contribution in [2.24, 2.45) is 5.73 Å². The topological polar surface area (TPSA) is 106 Å². The number of carbonyl (C=O) groups excluding carboxylic acids is 2. The van der Waals surface area contributed by atoms with Crippen molar-refractivity contribution in [1.82, 2.24) is 15.5 Å². The molecule has 10 heteroatoms. The molecule has 0 fully saturated rings. The van der Waals surface area contributed by atoms with E-state index in [2.05, 4.69) is 29.4 Å². The summed E-state index contributed by atoms with van der Waals surface area (Å²) in [6, 6.07) is 9.85. The fraction of sp³-hybridized carbons (Fsp3) is 0.636. The predicted octanol–water partition coefficient (Wildman–Crippen LogP) is 3.88. The maximum atomic E-state index is 11.8. The monoisotopic (exact) mass is 494 g/mol. The average molecular weight is 495 g/mol. The van der Waals surface area contributed by atoms with E-state index in [0.717, 1.165) is 31.2 Å². The summed E-state index contributed by atoms with van der Waals surface area (Å²) in [7, 11) is 0. The number of nitrogens with two attached hydrogens (primary N) is 1. The quantitative estimate of drug-likeness (QED) is 0.319. The zero-order valence-electron chi connectivity index (χ0n) is 19.2. The van der Waals surface area contributed by atoms with Crippen LogP contribution in [0.3, 0.4) is 0 Å². The van der Waals surface area contributed by atoms with Gasteiger partial charge >= 0.3 is 12.2 Å². The van der Waals surface area contributed by atoms with Gasteiger partial charge in [0.2, 0.25) is 0 Å². The summed E-state index contributed by atoms with van der Waals surface area (Å²) in [6.45, 7) is 7.16. The first-order chi connectivity index (χ1) is 14.6. The highest BCUT2D eigenvalue weighted by molar-refractivity contribution is 5.85. The lowest BCUT2D eigenvalue weighted by atomic mass is 10.1. The lowest BCUT2D eigenvalue weighted by Crippen LogP contribution is -2.40. The third kappa shape index (κ3) is 14.3. The molecule has 0 saturated heterocycles. The SMILES string of the molecule is CCCCNC(=O)OCCN(CCOC(=O)NCCCC)C(CN)c1ccccc1.Cl.Cl. The zero-order valence-corrected chi connectivity index (χ0v) is 20.8. The largest absolute Gasteiger partial charge is 0.448 e. The van der Waals surface area contributed by atoms with Crippen LogP contribution in [-0.2, 0) is 9.47 Å². The van der Waals surface area contributed by atoms with Gasteiger partial charge in [0.1, 0.15) is 13.2 Å². The molecule has 1 aromatic rings. The molecule has 0 aromatic heterocycles. The van der Waals surface area contributed by atoms with Crippen molar-refractivity contribution in [2.75, 3.05) is 45.9 Å². The fourth-order valence-electron chi connectivity index (χ4n) is 2.94. The minimum Gasteiger partial charge on any atom is -0.448 e. The highest BCUT2D eigenvalue weighted by Crippen LogP contribution is 2.19. The van der Waals surface area contributed by atoms with Crippen LogP contribution < -0.4 is 16.4 Å². The molecular formula is C22H40Cl2N4O4. The lowest BCUT2D eigenvalue weighted by molar-refractivity contribution is 0.0888. The van der Waals surface area contributed by atoms with Gasteiger partial charge in [-0.1, -0.05) is 57.0 Å². The van der Waals surface area contributed by atoms with Gasteiger partial charge in [0.15, 0.2) is 0 Å². The van der Waals surface area contributed by atoms with Crippen LogP contribution in [0.5, 0.6) is 0 Å². The Morgan fingerprint density at radius 2 is 1.38 bits per heavy atom. The molecule has 0 heterocycles. The summed E-state index contributed by atoms with van der Waals surface area (Å²) >= 11 is 0. The van der Waals surface area contributed by atoms with Gasteiger partial charge in [0, 0.05) is 38.8 Å². The molecule has 0 aliphatic heterocycles. The van der Waals surface area contributed by atoms with Gasteiger partial charge in [-0.05, 0) is 18.4 Å². The second-order valence-corrected chi connectivity index (χ2v) is 7.03. The van der Waals surface area contributed by atoms with E-state index in [1.807, 2.05) is 30.3 Å². The number of rotatable bonds is 15.